The topological polar surface area (TPSA) is 81.5 Å². The lowest BCUT2D eigenvalue weighted by Crippen LogP contribution is -2.20. The molecule has 1 N–H and O–H groups in total. The summed E-state index contributed by atoms with van der Waals surface area (Å²) in [6, 6.07) is 9.83. The number of aryl methyl sites for hydroxylation is 1. The van der Waals surface area contributed by atoms with E-state index in [1.807, 2.05) is 0 Å². The van der Waals surface area contributed by atoms with Crippen LogP contribution in [-0.2, 0) is 4.79 Å². The number of carbonyl (C=O) groups is 1. The number of hydrogen-bond donors (Lipinski definition) is 1. The zero-order valence-electron chi connectivity index (χ0n) is 11.7. The van der Waals surface area contributed by atoms with E-state index in [1.165, 1.54) is 30.3 Å². The van der Waals surface area contributed by atoms with E-state index in [9.17, 15) is 19.3 Å². The summed E-state index contributed by atoms with van der Waals surface area (Å²) in [6.45, 7) is 1.30. The third-order valence-electron chi connectivity index (χ3n) is 2.78. The number of nitrogens with one attached hydrogen (secondary N) is 1. The van der Waals surface area contributed by atoms with Gasteiger partial charge in [0.2, 0.25) is 0 Å². The van der Waals surface area contributed by atoms with E-state index in [-0.39, 0.29) is 17.1 Å². The monoisotopic (exact) mass is 304 g/mol. The summed E-state index contributed by atoms with van der Waals surface area (Å²) >= 11 is 0. The van der Waals surface area contributed by atoms with Gasteiger partial charge in [-0.3, -0.25) is 14.9 Å². The summed E-state index contributed by atoms with van der Waals surface area (Å²) in [5.74, 6) is -1.02. The number of ether oxygens (including phenoxy) is 1. The van der Waals surface area contributed by atoms with Gasteiger partial charge in [0.05, 0.1) is 4.92 Å². The molecule has 22 heavy (non-hydrogen) atoms. The number of amides is 1. The Balaban J connectivity index is 2.01. The molecule has 0 unspecified atom stereocenters. The second-order valence-electron chi connectivity index (χ2n) is 4.58. The molecule has 0 aliphatic rings. The number of benzene rings is 2. The Labute approximate surface area is 125 Å². The molecular formula is C15H13FN2O4. The third kappa shape index (κ3) is 4.02. The predicted octanol–water partition coefficient (Wildman–Crippen LogP) is 3.06. The minimum atomic E-state index is -0.577. The number of anilines is 1. The highest BCUT2D eigenvalue weighted by Gasteiger charge is 2.16. The Morgan fingerprint density at radius 1 is 1.32 bits per heavy atom. The van der Waals surface area contributed by atoms with Crippen molar-refractivity contribution < 1.29 is 18.8 Å². The minimum absolute atomic E-state index is 0.00462. The summed E-state index contributed by atoms with van der Waals surface area (Å²) in [7, 11) is 0. The number of nitro groups is 1. The normalized spacial score (nSPS) is 10.1. The molecule has 2 aromatic rings. The van der Waals surface area contributed by atoms with Crippen molar-refractivity contribution in [2.24, 2.45) is 0 Å². The first-order chi connectivity index (χ1) is 10.5. The fourth-order valence-corrected chi connectivity index (χ4v) is 1.80. The van der Waals surface area contributed by atoms with Crippen LogP contribution < -0.4 is 10.1 Å². The highest BCUT2D eigenvalue weighted by molar-refractivity contribution is 5.91. The van der Waals surface area contributed by atoms with Crippen molar-refractivity contribution in [2.45, 2.75) is 6.92 Å². The first-order valence-electron chi connectivity index (χ1n) is 6.39. The zero-order chi connectivity index (χ0) is 16.1. The van der Waals surface area contributed by atoms with Crippen LogP contribution in [0.25, 0.3) is 0 Å². The SMILES string of the molecule is Cc1ccc(OCC(=O)Nc2cccc(F)c2)c([N+](=O)[O-])c1. The first-order valence-corrected chi connectivity index (χ1v) is 6.39. The van der Waals surface area contributed by atoms with Gasteiger partial charge in [0.1, 0.15) is 5.82 Å². The summed E-state index contributed by atoms with van der Waals surface area (Å²) < 4.78 is 18.2. The molecule has 114 valence electrons. The van der Waals surface area contributed by atoms with E-state index in [1.54, 1.807) is 13.0 Å². The molecule has 0 bridgehead atoms. The number of nitrogens with zero attached hydrogens (tertiary/aromatic N) is 1. The fraction of sp³-hybridized carbons (Fsp3) is 0.133. The number of nitro benzene ring substituents is 1. The van der Waals surface area contributed by atoms with E-state index in [4.69, 9.17) is 4.74 Å². The molecule has 0 saturated heterocycles. The molecule has 0 aliphatic heterocycles. The summed E-state index contributed by atoms with van der Waals surface area (Å²) in [4.78, 5) is 22.1. The third-order valence-corrected chi connectivity index (χ3v) is 2.78. The van der Waals surface area contributed by atoms with E-state index in [0.717, 1.165) is 6.07 Å². The Bertz CT molecular complexity index is 718. The van der Waals surface area contributed by atoms with Gasteiger partial charge in [0, 0.05) is 11.8 Å². The second-order valence-corrected chi connectivity index (χ2v) is 4.58. The van der Waals surface area contributed by atoms with Crippen LogP contribution in [0.3, 0.4) is 0 Å². The zero-order valence-corrected chi connectivity index (χ0v) is 11.7. The van der Waals surface area contributed by atoms with Crippen LogP contribution in [-0.4, -0.2) is 17.4 Å². The molecule has 0 atom stereocenters. The van der Waals surface area contributed by atoms with Crippen LogP contribution in [0.4, 0.5) is 15.8 Å². The van der Waals surface area contributed by atoms with E-state index in [0.29, 0.717) is 5.56 Å². The maximum atomic E-state index is 13.0. The molecule has 0 radical (unpaired) electrons. The molecule has 0 aliphatic carbocycles. The smallest absolute Gasteiger partial charge is 0.311 e. The van der Waals surface area contributed by atoms with Gasteiger partial charge in [0.25, 0.3) is 5.91 Å². The Morgan fingerprint density at radius 3 is 2.77 bits per heavy atom. The minimum Gasteiger partial charge on any atom is -0.477 e. The summed E-state index contributed by atoms with van der Waals surface area (Å²) in [5.41, 5.74) is 0.786. The molecule has 7 heteroatoms. The van der Waals surface area contributed by atoms with E-state index < -0.39 is 23.3 Å². The second kappa shape index (κ2) is 6.66. The molecule has 0 saturated carbocycles. The van der Waals surface area contributed by atoms with Crippen molar-refractivity contribution in [3.63, 3.8) is 0 Å². The van der Waals surface area contributed by atoms with Crippen molar-refractivity contribution >= 4 is 17.3 Å². The molecular weight excluding hydrogens is 291 g/mol. The van der Waals surface area contributed by atoms with Gasteiger partial charge < -0.3 is 10.1 Å². The fourth-order valence-electron chi connectivity index (χ4n) is 1.80. The largest absolute Gasteiger partial charge is 0.477 e. The van der Waals surface area contributed by atoms with Crippen LogP contribution in [0, 0.1) is 22.9 Å². The van der Waals surface area contributed by atoms with Gasteiger partial charge >= 0.3 is 5.69 Å². The molecule has 0 spiro atoms. The Kier molecular flexibility index (Phi) is 4.67. The molecule has 2 aromatic carbocycles. The Morgan fingerprint density at radius 2 is 2.09 bits per heavy atom. The maximum absolute atomic E-state index is 13.0. The molecule has 0 heterocycles. The van der Waals surface area contributed by atoms with Crippen molar-refractivity contribution in [2.75, 3.05) is 11.9 Å². The van der Waals surface area contributed by atoms with Gasteiger partial charge in [0.15, 0.2) is 12.4 Å². The van der Waals surface area contributed by atoms with Gasteiger partial charge in [-0.05, 0) is 36.8 Å². The average molecular weight is 304 g/mol. The number of carbonyl (C=O) groups excluding carboxylic acids is 1. The molecule has 0 fully saturated rings. The van der Waals surface area contributed by atoms with Crippen LogP contribution in [0.15, 0.2) is 42.5 Å². The summed E-state index contributed by atoms with van der Waals surface area (Å²) in [6.07, 6.45) is 0. The van der Waals surface area contributed by atoms with Crippen molar-refractivity contribution in [1.29, 1.82) is 0 Å². The van der Waals surface area contributed by atoms with Crippen LogP contribution in [0.2, 0.25) is 0 Å². The lowest BCUT2D eigenvalue weighted by atomic mass is 10.2. The Hall–Kier alpha value is -2.96. The predicted molar refractivity (Wildman–Crippen MR) is 78.4 cm³/mol. The quantitative estimate of drug-likeness (QED) is 0.680. The van der Waals surface area contributed by atoms with Crippen LogP contribution in [0.1, 0.15) is 5.56 Å². The number of hydrogen-bond acceptors (Lipinski definition) is 4. The van der Waals surface area contributed by atoms with E-state index >= 15 is 0 Å². The average Bonchev–Trinajstić information content (AvgIpc) is 2.45. The molecule has 1 amide bonds. The van der Waals surface area contributed by atoms with E-state index in [2.05, 4.69) is 5.32 Å². The highest BCUT2D eigenvalue weighted by Crippen LogP contribution is 2.27. The summed E-state index contributed by atoms with van der Waals surface area (Å²) in [5, 5.41) is 13.4. The maximum Gasteiger partial charge on any atom is 0.311 e. The van der Waals surface area contributed by atoms with Crippen LogP contribution >= 0.6 is 0 Å². The molecule has 0 aromatic heterocycles. The van der Waals surface area contributed by atoms with Crippen molar-refractivity contribution in [1.82, 2.24) is 0 Å². The molecule has 2 rings (SSSR count). The highest BCUT2D eigenvalue weighted by atomic mass is 19.1. The standard InChI is InChI=1S/C15H13FN2O4/c1-10-5-6-14(13(7-10)18(20)21)22-9-15(19)17-12-4-2-3-11(16)8-12/h2-8H,9H2,1H3,(H,17,19). The number of rotatable bonds is 5. The van der Waals surface area contributed by atoms with Gasteiger partial charge in [-0.2, -0.15) is 0 Å². The lowest BCUT2D eigenvalue weighted by molar-refractivity contribution is -0.385. The van der Waals surface area contributed by atoms with Gasteiger partial charge in [-0.1, -0.05) is 12.1 Å². The first kappa shape index (κ1) is 15.4. The molecule has 6 nitrogen and oxygen atoms in total. The lowest BCUT2D eigenvalue weighted by Gasteiger charge is -2.08. The van der Waals surface area contributed by atoms with Crippen LogP contribution in [0.5, 0.6) is 5.75 Å². The van der Waals surface area contributed by atoms with Crippen molar-refractivity contribution in [3.8, 4) is 5.75 Å². The van der Waals surface area contributed by atoms with Gasteiger partial charge in [-0.25, -0.2) is 4.39 Å². The van der Waals surface area contributed by atoms with Crippen molar-refractivity contribution in [3.05, 3.63) is 64.0 Å². The van der Waals surface area contributed by atoms with Gasteiger partial charge in [-0.15, -0.1) is 0 Å². The number of halogens is 1.